The fourth-order valence-electron chi connectivity index (χ4n) is 2.18. The van der Waals surface area contributed by atoms with E-state index in [1.807, 2.05) is 6.07 Å². The van der Waals surface area contributed by atoms with Gasteiger partial charge in [0.05, 0.1) is 11.7 Å². The summed E-state index contributed by atoms with van der Waals surface area (Å²) in [7, 11) is 0. The molecule has 1 unspecified atom stereocenters. The van der Waals surface area contributed by atoms with Crippen LogP contribution in [0.3, 0.4) is 0 Å². The zero-order valence-corrected chi connectivity index (χ0v) is 11.4. The highest BCUT2D eigenvalue weighted by Gasteiger charge is 2.18. The van der Waals surface area contributed by atoms with Gasteiger partial charge in [0.15, 0.2) is 0 Å². The van der Waals surface area contributed by atoms with Crippen LogP contribution in [-0.2, 0) is 4.74 Å². The number of anilines is 1. The highest BCUT2D eigenvalue weighted by Crippen LogP contribution is 2.21. The normalized spacial score (nSPS) is 17.6. The Balaban J connectivity index is 1.67. The number of para-hydroxylation sites is 1. The Hall–Kier alpha value is -2.41. The maximum absolute atomic E-state index is 12.2. The highest BCUT2D eigenvalue weighted by molar-refractivity contribution is 6.05. The third-order valence-electron chi connectivity index (χ3n) is 3.23. The summed E-state index contributed by atoms with van der Waals surface area (Å²) in [6, 6.07) is 7.09. The lowest BCUT2D eigenvalue weighted by atomic mass is 10.2. The Morgan fingerprint density at radius 1 is 1.48 bits per heavy atom. The van der Waals surface area contributed by atoms with Crippen LogP contribution in [0.4, 0.5) is 5.95 Å². The number of rotatable bonds is 5. The molecule has 21 heavy (non-hydrogen) atoms. The quantitative estimate of drug-likeness (QED) is 0.872. The number of hydrogen-bond donors (Lipinski definition) is 2. The number of ether oxygens (including phenoxy) is 2. The highest BCUT2D eigenvalue weighted by atomic mass is 16.5. The fraction of sp³-hybridized carbons (Fsp3) is 0.357. The van der Waals surface area contributed by atoms with Gasteiger partial charge in [-0.3, -0.25) is 10.1 Å². The molecule has 7 heteroatoms. The zero-order valence-electron chi connectivity index (χ0n) is 11.4. The van der Waals surface area contributed by atoms with Gasteiger partial charge in [-0.05, 0) is 25.0 Å². The van der Waals surface area contributed by atoms with Crippen molar-refractivity contribution in [1.29, 1.82) is 0 Å². The van der Waals surface area contributed by atoms with Crippen LogP contribution in [0, 0.1) is 0 Å². The Morgan fingerprint density at radius 2 is 2.38 bits per heavy atom. The number of carbonyl (C=O) groups is 1. The molecule has 0 radical (unpaired) electrons. The second kappa shape index (κ2) is 6.36. The molecule has 1 amide bonds. The Labute approximate surface area is 121 Å². The van der Waals surface area contributed by atoms with E-state index in [1.54, 1.807) is 18.2 Å². The summed E-state index contributed by atoms with van der Waals surface area (Å²) in [6.07, 6.45) is 3.49. The van der Waals surface area contributed by atoms with Gasteiger partial charge in [0.2, 0.25) is 5.95 Å². The first-order chi connectivity index (χ1) is 10.3. The lowest BCUT2D eigenvalue weighted by molar-refractivity contribution is 0.0673. The Bertz CT molecular complexity index is 594. The molecule has 2 N–H and O–H groups in total. The summed E-state index contributed by atoms with van der Waals surface area (Å²) in [5, 5.41) is 8.89. The molecule has 0 spiro atoms. The van der Waals surface area contributed by atoms with Crippen LogP contribution in [0.5, 0.6) is 5.75 Å². The summed E-state index contributed by atoms with van der Waals surface area (Å²) in [6.45, 7) is 1.23. The first kappa shape index (κ1) is 13.6. The van der Waals surface area contributed by atoms with Gasteiger partial charge in [0.25, 0.3) is 5.91 Å². The number of amides is 1. The molecule has 7 nitrogen and oxygen atoms in total. The molecule has 1 fully saturated rings. The number of H-pyrrole nitrogens is 1. The molecule has 3 rings (SSSR count). The SMILES string of the molecule is O=C(Nc1ncn[nH]1)c1ccccc1OCC1CCCO1. The largest absolute Gasteiger partial charge is 0.490 e. The predicted octanol–water partition coefficient (Wildman–Crippen LogP) is 1.61. The molecule has 1 aliphatic rings. The van der Waals surface area contributed by atoms with Gasteiger partial charge >= 0.3 is 0 Å². The molecule has 1 atom stereocenters. The van der Waals surface area contributed by atoms with Crippen LogP contribution < -0.4 is 10.1 Å². The molecule has 2 aromatic rings. The molecule has 2 heterocycles. The molecule has 110 valence electrons. The molecule has 1 saturated heterocycles. The van der Waals surface area contributed by atoms with Gasteiger partial charge in [-0.15, -0.1) is 0 Å². The number of nitrogens with one attached hydrogen (secondary N) is 2. The lowest BCUT2D eigenvalue weighted by Crippen LogP contribution is -2.19. The number of carbonyl (C=O) groups excluding carboxylic acids is 1. The minimum absolute atomic E-state index is 0.107. The van der Waals surface area contributed by atoms with Crippen molar-refractivity contribution < 1.29 is 14.3 Å². The van der Waals surface area contributed by atoms with E-state index in [4.69, 9.17) is 9.47 Å². The summed E-state index contributed by atoms with van der Waals surface area (Å²) in [5.74, 6) is 0.536. The molecule has 1 aromatic carbocycles. The summed E-state index contributed by atoms with van der Waals surface area (Å²) >= 11 is 0. The van der Waals surface area contributed by atoms with E-state index in [2.05, 4.69) is 20.5 Å². The van der Waals surface area contributed by atoms with E-state index in [9.17, 15) is 4.79 Å². The summed E-state index contributed by atoms with van der Waals surface area (Å²) < 4.78 is 11.2. The molecule has 1 aliphatic heterocycles. The number of benzene rings is 1. The van der Waals surface area contributed by atoms with Gasteiger partial charge in [-0.1, -0.05) is 12.1 Å². The maximum Gasteiger partial charge on any atom is 0.261 e. The van der Waals surface area contributed by atoms with Crippen molar-refractivity contribution in [2.75, 3.05) is 18.5 Å². The second-order valence-electron chi connectivity index (χ2n) is 4.73. The van der Waals surface area contributed by atoms with Gasteiger partial charge < -0.3 is 9.47 Å². The van der Waals surface area contributed by atoms with Crippen molar-refractivity contribution in [3.05, 3.63) is 36.2 Å². The van der Waals surface area contributed by atoms with E-state index in [0.717, 1.165) is 19.4 Å². The van der Waals surface area contributed by atoms with Crippen molar-refractivity contribution in [3.63, 3.8) is 0 Å². The van der Waals surface area contributed by atoms with Crippen LogP contribution in [0.15, 0.2) is 30.6 Å². The van der Waals surface area contributed by atoms with Crippen LogP contribution in [0.2, 0.25) is 0 Å². The van der Waals surface area contributed by atoms with Crippen molar-refractivity contribution in [2.24, 2.45) is 0 Å². The van der Waals surface area contributed by atoms with Gasteiger partial charge in [-0.25, -0.2) is 5.10 Å². The van der Waals surface area contributed by atoms with E-state index < -0.39 is 0 Å². The second-order valence-corrected chi connectivity index (χ2v) is 4.73. The van der Waals surface area contributed by atoms with E-state index in [1.165, 1.54) is 6.33 Å². The minimum atomic E-state index is -0.297. The average Bonchev–Trinajstić information content (AvgIpc) is 3.18. The fourth-order valence-corrected chi connectivity index (χ4v) is 2.18. The first-order valence-corrected chi connectivity index (χ1v) is 6.83. The van der Waals surface area contributed by atoms with Gasteiger partial charge in [-0.2, -0.15) is 10.1 Å². The van der Waals surface area contributed by atoms with E-state index in [-0.39, 0.29) is 12.0 Å². The molecule has 0 saturated carbocycles. The third kappa shape index (κ3) is 3.38. The van der Waals surface area contributed by atoms with E-state index in [0.29, 0.717) is 23.9 Å². The van der Waals surface area contributed by atoms with Crippen molar-refractivity contribution in [2.45, 2.75) is 18.9 Å². The summed E-state index contributed by atoms with van der Waals surface area (Å²) in [4.78, 5) is 16.1. The smallest absolute Gasteiger partial charge is 0.261 e. The van der Waals surface area contributed by atoms with Crippen LogP contribution in [-0.4, -0.2) is 40.4 Å². The summed E-state index contributed by atoms with van der Waals surface area (Å²) in [5.41, 5.74) is 0.451. The zero-order chi connectivity index (χ0) is 14.5. The van der Waals surface area contributed by atoms with Crippen molar-refractivity contribution in [1.82, 2.24) is 15.2 Å². The maximum atomic E-state index is 12.2. The molecular weight excluding hydrogens is 272 g/mol. The number of hydrogen-bond acceptors (Lipinski definition) is 5. The van der Waals surface area contributed by atoms with Gasteiger partial charge in [0, 0.05) is 6.61 Å². The van der Waals surface area contributed by atoms with Crippen LogP contribution in [0.1, 0.15) is 23.2 Å². The Morgan fingerprint density at radius 3 is 3.14 bits per heavy atom. The first-order valence-electron chi connectivity index (χ1n) is 6.83. The molecule has 1 aromatic heterocycles. The molecule has 0 aliphatic carbocycles. The lowest BCUT2D eigenvalue weighted by Gasteiger charge is -2.14. The van der Waals surface area contributed by atoms with Gasteiger partial charge in [0.1, 0.15) is 18.7 Å². The number of aromatic nitrogens is 3. The topological polar surface area (TPSA) is 89.1 Å². The standard InChI is InChI=1S/C14H16N4O3/c19-13(17-14-15-9-16-18-14)11-5-1-2-6-12(11)21-8-10-4-3-7-20-10/h1-2,5-6,9-10H,3-4,7-8H2,(H2,15,16,17,18,19). The average molecular weight is 288 g/mol. The van der Waals surface area contributed by atoms with Crippen molar-refractivity contribution >= 4 is 11.9 Å². The van der Waals surface area contributed by atoms with Crippen LogP contribution in [0.25, 0.3) is 0 Å². The number of nitrogens with zero attached hydrogens (tertiary/aromatic N) is 2. The molecule has 0 bridgehead atoms. The predicted molar refractivity (Wildman–Crippen MR) is 75.2 cm³/mol. The van der Waals surface area contributed by atoms with E-state index >= 15 is 0 Å². The van der Waals surface area contributed by atoms with Crippen LogP contribution >= 0.6 is 0 Å². The molecular formula is C14H16N4O3. The van der Waals surface area contributed by atoms with Crippen molar-refractivity contribution in [3.8, 4) is 5.75 Å². The third-order valence-corrected chi connectivity index (χ3v) is 3.23. The monoisotopic (exact) mass is 288 g/mol. The number of aromatic amines is 1. The Kier molecular flexibility index (Phi) is 4.11. The minimum Gasteiger partial charge on any atom is -0.490 e.